The van der Waals surface area contributed by atoms with Crippen LogP contribution in [0.3, 0.4) is 0 Å². The minimum atomic E-state index is -0.304. The fourth-order valence-electron chi connectivity index (χ4n) is 3.59. The summed E-state index contributed by atoms with van der Waals surface area (Å²) in [5.74, 6) is 0.794. The molecule has 0 bridgehead atoms. The van der Waals surface area contributed by atoms with Gasteiger partial charge in [-0.25, -0.2) is 9.37 Å². The first-order valence-corrected chi connectivity index (χ1v) is 11.6. The van der Waals surface area contributed by atoms with Crippen molar-refractivity contribution in [1.82, 2.24) is 20.5 Å². The molecule has 2 heterocycles. The molecule has 1 aliphatic rings. The van der Waals surface area contributed by atoms with Crippen molar-refractivity contribution >= 4 is 41.3 Å². The molecule has 0 unspecified atom stereocenters. The predicted molar refractivity (Wildman–Crippen MR) is 141 cm³/mol. The van der Waals surface area contributed by atoms with Gasteiger partial charge in [-0.3, -0.25) is 9.89 Å². The number of piperidine rings is 1. The Hall–Kier alpha value is -1.46. The number of likely N-dealkylation sites (tertiary alicyclic amines) is 1. The molecule has 6 nitrogen and oxygen atoms in total. The average Bonchev–Trinajstić information content (AvgIpc) is 3.22. The maximum atomic E-state index is 13.9. The molecule has 0 saturated carbocycles. The van der Waals surface area contributed by atoms with Crippen molar-refractivity contribution in [2.24, 2.45) is 4.99 Å². The molecular weight excluding hydrogens is 540 g/mol. The average molecular weight is 576 g/mol. The third-order valence-electron chi connectivity index (χ3n) is 5.50. The zero-order valence-electron chi connectivity index (χ0n) is 19.6. The third-order valence-corrected chi connectivity index (χ3v) is 6.35. The van der Waals surface area contributed by atoms with Gasteiger partial charge in [0.15, 0.2) is 17.5 Å². The molecular formula is C23H35FIN5OS. The second-order valence-electron chi connectivity index (χ2n) is 8.97. The van der Waals surface area contributed by atoms with Gasteiger partial charge in [0.05, 0.1) is 19.3 Å². The molecule has 2 N–H and O–H groups in total. The van der Waals surface area contributed by atoms with E-state index in [0.29, 0.717) is 12.6 Å². The number of nitrogens with zero attached hydrogens (tertiary/aromatic N) is 3. The van der Waals surface area contributed by atoms with Crippen molar-refractivity contribution < 1.29 is 9.13 Å². The molecule has 3 rings (SSSR count). The number of guanidine groups is 1. The molecule has 1 aromatic carbocycles. The van der Waals surface area contributed by atoms with Gasteiger partial charge in [-0.15, -0.1) is 35.3 Å². The summed E-state index contributed by atoms with van der Waals surface area (Å²) in [4.78, 5) is 11.5. The highest BCUT2D eigenvalue weighted by molar-refractivity contribution is 14.0. The lowest BCUT2D eigenvalue weighted by Gasteiger charge is -2.33. The Labute approximate surface area is 212 Å². The zero-order chi connectivity index (χ0) is 22.4. The summed E-state index contributed by atoms with van der Waals surface area (Å²) in [5, 5.41) is 10.1. The van der Waals surface area contributed by atoms with Crippen LogP contribution in [0.4, 0.5) is 4.39 Å². The van der Waals surface area contributed by atoms with Crippen LogP contribution in [0.5, 0.6) is 5.75 Å². The van der Waals surface area contributed by atoms with Crippen LogP contribution in [0.2, 0.25) is 0 Å². The molecule has 0 atom stereocenters. The zero-order valence-corrected chi connectivity index (χ0v) is 22.7. The lowest BCUT2D eigenvalue weighted by molar-refractivity contribution is 0.198. The van der Waals surface area contributed by atoms with E-state index in [1.54, 1.807) is 30.5 Å². The summed E-state index contributed by atoms with van der Waals surface area (Å²) >= 11 is 1.68. The van der Waals surface area contributed by atoms with E-state index in [-0.39, 0.29) is 41.0 Å². The van der Waals surface area contributed by atoms with Crippen molar-refractivity contribution in [3.05, 3.63) is 45.7 Å². The third kappa shape index (κ3) is 7.55. The highest BCUT2D eigenvalue weighted by Gasteiger charge is 2.21. The Bertz CT molecular complexity index is 891. The van der Waals surface area contributed by atoms with Crippen LogP contribution in [0.1, 0.15) is 49.9 Å². The van der Waals surface area contributed by atoms with E-state index in [4.69, 9.17) is 9.72 Å². The number of hydrogen-bond acceptors (Lipinski definition) is 5. The van der Waals surface area contributed by atoms with Crippen molar-refractivity contribution in [1.29, 1.82) is 0 Å². The molecule has 1 aromatic heterocycles. The summed E-state index contributed by atoms with van der Waals surface area (Å²) in [6.07, 6.45) is 2.04. The smallest absolute Gasteiger partial charge is 0.191 e. The topological polar surface area (TPSA) is 61.8 Å². The summed E-state index contributed by atoms with van der Waals surface area (Å²) < 4.78 is 18.9. The molecule has 2 aromatic rings. The van der Waals surface area contributed by atoms with Crippen LogP contribution >= 0.6 is 35.3 Å². The standard InChI is InChI=1S/C23H34FN5OS.HI/c1-23(2,3)20-15-31-21(28-20)13-26-22(25-4)27-17-8-10-29(11-9-17)14-16-6-7-19(30-5)18(24)12-16;/h6-7,12,15,17H,8-11,13-14H2,1-5H3,(H2,25,26,27);1H. The van der Waals surface area contributed by atoms with E-state index in [0.717, 1.165) is 54.7 Å². The van der Waals surface area contributed by atoms with Gasteiger partial charge in [0.1, 0.15) is 5.01 Å². The Morgan fingerprint density at radius 3 is 2.59 bits per heavy atom. The number of aromatic nitrogens is 1. The molecule has 0 spiro atoms. The lowest BCUT2D eigenvalue weighted by Crippen LogP contribution is -2.48. The molecule has 32 heavy (non-hydrogen) atoms. The molecule has 1 fully saturated rings. The van der Waals surface area contributed by atoms with Crippen LogP contribution in [0.25, 0.3) is 0 Å². The van der Waals surface area contributed by atoms with E-state index in [1.807, 2.05) is 6.07 Å². The number of methoxy groups -OCH3 is 1. The first kappa shape index (κ1) is 26.8. The maximum Gasteiger partial charge on any atom is 0.191 e. The van der Waals surface area contributed by atoms with Gasteiger partial charge < -0.3 is 15.4 Å². The van der Waals surface area contributed by atoms with Crippen molar-refractivity contribution in [3.8, 4) is 5.75 Å². The van der Waals surface area contributed by atoms with E-state index in [9.17, 15) is 4.39 Å². The van der Waals surface area contributed by atoms with Crippen molar-refractivity contribution in [3.63, 3.8) is 0 Å². The first-order valence-electron chi connectivity index (χ1n) is 10.8. The summed E-state index contributed by atoms with van der Waals surface area (Å²) in [7, 11) is 3.28. The Balaban J connectivity index is 0.00000363. The Morgan fingerprint density at radius 1 is 1.31 bits per heavy atom. The number of rotatable bonds is 6. The van der Waals surface area contributed by atoms with Gasteiger partial charge in [-0.05, 0) is 30.5 Å². The van der Waals surface area contributed by atoms with Gasteiger partial charge in [0.2, 0.25) is 0 Å². The monoisotopic (exact) mass is 575 g/mol. The van der Waals surface area contributed by atoms with Gasteiger partial charge in [-0.1, -0.05) is 26.8 Å². The van der Waals surface area contributed by atoms with Crippen molar-refractivity contribution in [2.45, 2.75) is 58.2 Å². The highest BCUT2D eigenvalue weighted by atomic mass is 127. The van der Waals surface area contributed by atoms with Crippen LogP contribution in [-0.2, 0) is 18.5 Å². The van der Waals surface area contributed by atoms with Gasteiger partial charge in [-0.2, -0.15) is 0 Å². The molecule has 0 radical (unpaired) electrons. The number of thiazole rings is 1. The normalized spacial score (nSPS) is 15.9. The number of aliphatic imine (C=N–C) groups is 1. The second kappa shape index (κ2) is 12.1. The molecule has 0 amide bonds. The van der Waals surface area contributed by atoms with E-state index in [2.05, 4.69) is 46.7 Å². The largest absolute Gasteiger partial charge is 0.494 e. The fraction of sp³-hybridized carbons (Fsp3) is 0.565. The Morgan fingerprint density at radius 2 is 2.03 bits per heavy atom. The van der Waals surface area contributed by atoms with Gasteiger partial charge >= 0.3 is 0 Å². The van der Waals surface area contributed by atoms with E-state index in [1.165, 1.54) is 7.11 Å². The molecule has 1 saturated heterocycles. The SMILES string of the molecule is CN=C(NCc1nc(C(C)(C)C)cs1)NC1CCN(Cc2ccc(OC)c(F)c2)CC1.I. The van der Waals surface area contributed by atoms with Crippen LogP contribution in [0, 0.1) is 5.82 Å². The second-order valence-corrected chi connectivity index (χ2v) is 9.91. The van der Waals surface area contributed by atoms with E-state index >= 15 is 0 Å². The summed E-state index contributed by atoms with van der Waals surface area (Å²) in [5.41, 5.74) is 2.17. The fourth-order valence-corrected chi connectivity index (χ4v) is 4.55. The number of halogens is 2. The number of hydrogen-bond donors (Lipinski definition) is 2. The van der Waals surface area contributed by atoms with Crippen LogP contribution in [-0.4, -0.2) is 49.1 Å². The van der Waals surface area contributed by atoms with Gasteiger partial charge in [0.25, 0.3) is 0 Å². The molecule has 178 valence electrons. The number of ether oxygens (including phenoxy) is 1. The number of benzene rings is 1. The summed E-state index contributed by atoms with van der Waals surface area (Å²) in [6, 6.07) is 5.57. The Kier molecular flexibility index (Phi) is 10.2. The van der Waals surface area contributed by atoms with E-state index < -0.39 is 0 Å². The van der Waals surface area contributed by atoms with Crippen LogP contribution in [0.15, 0.2) is 28.6 Å². The molecule has 1 aliphatic heterocycles. The van der Waals surface area contributed by atoms with Crippen LogP contribution < -0.4 is 15.4 Å². The maximum absolute atomic E-state index is 13.9. The summed E-state index contributed by atoms with van der Waals surface area (Å²) in [6.45, 7) is 9.88. The minimum Gasteiger partial charge on any atom is -0.494 e. The molecule has 9 heteroatoms. The van der Waals surface area contributed by atoms with Gasteiger partial charge in [0, 0.05) is 43.5 Å². The molecule has 0 aliphatic carbocycles. The highest BCUT2D eigenvalue weighted by Crippen LogP contribution is 2.24. The lowest BCUT2D eigenvalue weighted by atomic mass is 9.93. The quantitative estimate of drug-likeness (QED) is 0.301. The minimum absolute atomic E-state index is 0. The first-order chi connectivity index (χ1) is 14.8. The van der Waals surface area contributed by atoms with Crippen molar-refractivity contribution in [2.75, 3.05) is 27.2 Å². The number of nitrogens with one attached hydrogen (secondary N) is 2. The predicted octanol–water partition coefficient (Wildman–Crippen LogP) is 4.54.